The Morgan fingerprint density at radius 2 is 2.11 bits per heavy atom. The van der Waals surface area contributed by atoms with Crippen LogP contribution in [-0.2, 0) is 0 Å². The topological polar surface area (TPSA) is 68.0 Å². The first-order chi connectivity index (χ1) is 9.25. The Bertz CT molecular complexity index is 749. The number of aromatic nitrogens is 2. The zero-order valence-corrected chi connectivity index (χ0v) is 10.3. The van der Waals surface area contributed by atoms with Gasteiger partial charge in [0.25, 0.3) is 5.91 Å². The van der Waals surface area contributed by atoms with Crippen LogP contribution in [0.1, 0.15) is 16.1 Å². The van der Waals surface area contributed by atoms with Gasteiger partial charge in [0.2, 0.25) is 0 Å². The van der Waals surface area contributed by atoms with E-state index in [4.69, 9.17) is 4.42 Å². The number of nitrogens with zero attached hydrogens (tertiary/aromatic N) is 2. The maximum absolute atomic E-state index is 12.2. The number of hydrogen-bond donors (Lipinski definition) is 1. The average Bonchev–Trinajstić information content (AvgIpc) is 2.85. The molecule has 0 atom stereocenters. The normalized spacial score (nSPS) is 10.6. The summed E-state index contributed by atoms with van der Waals surface area (Å²) in [6, 6.07) is 9.12. The highest BCUT2D eigenvalue weighted by atomic mass is 16.3. The maximum atomic E-state index is 12.2. The predicted molar refractivity (Wildman–Crippen MR) is 70.9 cm³/mol. The van der Waals surface area contributed by atoms with Crippen LogP contribution in [0.3, 0.4) is 0 Å². The Morgan fingerprint density at radius 1 is 1.26 bits per heavy atom. The monoisotopic (exact) mass is 253 g/mol. The third kappa shape index (κ3) is 2.06. The third-order valence-electron chi connectivity index (χ3n) is 2.88. The van der Waals surface area contributed by atoms with E-state index in [1.54, 1.807) is 13.0 Å². The van der Waals surface area contributed by atoms with Crippen molar-refractivity contribution in [3.63, 3.8) is 0 Å². The Hall–Kier alpha value is -2.69. The molecule has 2 aromatic heterocycles. The van der Waals surface area contributed by atoms with Crippen molar-refractivity contribution in [2.45, 2.75) is 6.92 Å². The molecule has 1 aromatic carbocycles. The van der Waals surface area contributed by atoms with Crippen molar-refractivity contribution in [1.29, 1.82) is 0 Å². The summed E-state index contributed by atoms with van der Waals surface area (Å²) >= 11 is 0. The second-order valence-corrected chi connectivity index (χ2v) is 4.13. The number of para-hydroxylation sites is 1. The first-order valence-electron chi connectivity index (χ1n) is 5.81. The minimum absolute atomic E-state index is 0.221. The molecular formula is C14H11N3O2. The average molecular weight is 253 g/mol. The zero-order valence-electron chi connectivity index (χ0n) is 10.3. The van der Waals surface area contributed by atoms with Gasteiger partial charge >= 0.3 is 0 Å². The van der Waals surface area contributed by atoms with Gasteiger partial charge in [-0.3, -0.25) is 4.79 Å². The van der Waals surface area contributed by atoms with Crippen LogP contribution in [0.5, 0.6) is 0 Å². The molecule has 0 saturated heterocycles. The molecule has 5 heteroatoms. The van der Waals surface area contributed by atoms with E-state index in [0.29, 0.717) is 22.5 Å². The molecule has 1 amide bonds. The fraction of sp³-hybridized carbons (Fsp3) is 0.0714. The number of fused-ring (bicyclic) bond motifs is 1. The van der Waals surface area contributed by atoms with E-state index in [1.807, 2.05) is 24.3 Å². The highest BCUT2D eigenvalue weighted by Gasteiger charge is 2.14. The molecule has 0 fully saturated rings. The lowest BCUT2D eigenvalue weighted by atomic mass is 10.1. The van der Waals surface area contributed by atoms with Crippen LogP contribution in [0.15, 0.2) is 47.2 Å². The van der Waals surface area contributed by atoms with Crippen LogP contribution in [0, 0.1) is 6.92 Å². The van der Waals surface area contributed by atoms with Crippen molar-refractivity contribution >= 4 is 22.6 Å². The van der Waals surface area contributed by atoms with Gasteiger partial charge in [0.15, 0.2) is 0 Å². The molecule has 0 aliphatic heterocycles. The number of amides is 1. The van der Waals surface area contributed by atoms with Gasteiger partial charge in [0, 0.05) is 5.39 Å². The summed E-state index contributed by atoms with van der Waals surface area (Å²) in [6.07, 6.45) is 3.00. The molecule has 19 heavy (non-hydrogen) atoms. The summed E-state index contributed by atoms with van der Waals surface area (Å²) in [5.74, 6) is -0.221. The maximum Gasteiger partial charge on any atom is 0.259 e. The molecule has 0 radical (unpaired) electrons. The highest BCUT2D eigenvalue weighted by Crippen LogP contribution is 2.22. The summed E-state index contributed by atoms with van der Waals surface area (Å²) < 4.78 is 5.35. The standard InChI is InChI=1S/C14H11N3O2/c1-9-12(6-7-15-17-9)16-14(18)11-8-19-13-5-3-2-4-10(11)13/h2-8H,1H3,(H,15,16,18). The Labute approximate surface area is 109 Å². The molecule has 2 heterocycles. The van der Waals surface area contributed by atoms with Crippen molar-refractivity contribution < 1.29 is 9.21 Å². The van der Waals surface area contributed by atoms with E-state index in [0.717, 1.165) is 5.39 Å². The van der Waals surface area contributed by atoms with Crippen LogP contribution in [0.4, 0.5) is 5.69 Å². The van der Waals surface area contributed by atoms with Gasteiger partial charge in [0.1, 0.15) is 11.8 Å². The van der Waals surface area contributed by atoms with Gasteiger partial charge in [-0.05, 0) is 19.1 Å². The van der Waals surface area contributed by atoms with Crippen LogP contribution >= 0.6 is 0 Å². The molecule has 0 bridgehead atoms. The van der Waals surface area contributed by atoms with Crippen molar-refractivity contribution in [3.05, 3.63) is 54.0 Å². The fourth-order valence-electron chi connectivity index (χ4n) is 1.88. The molecule has 3 rings (SSSR count). The number of benzene rings is 1. The lowest BCUT2D eigenvalue weighted by Crippen LogP contribution is -2.12. The van der Waals surface area contributed by atoms with Crippen LogP contribution in [0.25, 0.3) is 11.0 Å². The SMILES string of the molecule is Cc1nnccc1NC(=O)c1coc2ccccc12. The summed E-state index contributed by atoms with van der Waals surface area (Å²) in [7, 11) is 0. The van der Waals surface area contributed by atoms with Gasteiger partial charge in [-0.2, -0.15) is 10.2 Å². The molecule has 1 N–H and O–H groups in total. The number of carbonyl (C=O) groups is 1. The Kier molecular flexibility index (Phi) is 2.72. The van der Waals surface area contributed by atoms with Crippen LogP contribution < -0.4 is 5.32 Å². The number of aryl methyl sites for hydroxylation is 1. The fourth-order valence-corrected chi connectivity index (χ4v) is 1.88. The largest absolute Gasteiger partial charge is 0.463 e. The Morgan fingerprint density at radius 3 is 2.95 bits per heavy atom. The van der Waals surface area contributed by atoms with Gasteiger partial charge in [-0.15, -0.1) is 0 Å². The number of anilines is 1. The van der Waals surface area contributed by atoms with E-state index in [9.17, 15) is 4.79 Å². The zero-order chi connectivity index (χ0) is 13.2. The van der Waals surface area contributed by atoms with E-state index >= 15 is 0 Å². The molecule has 0 saturated carbocycles. The second kappa shape index (κ2) is 4.53. The molecule has 5 nitrogen and oxygen atoms in total. The molecule has 0 unspecified atom stereocenters. The summed E-state index contributed by atoms with van der Waals surface area (Å²) in [5, 5.41) is 11.2. The van der Waals surface area contributed by atoms with Gasteiger partial charge in [-0.25, -0.2) is 0 Å². The molecule has 0 spiro atoms. The van der Waals surface area contributed by atoms with Crippen molar-refractivity contribution in [3.8, 4) is 0 Å². The number of carbonyl (C=O) groups excluding carboxylic acids is 1. The van der Waals surface area contributed by atoms with Gasteiger partial charge in [0.05, 0.1) is 23.1 Å². The second-order valence-electron chi connectivity index (χ2n) is 4.13. The number of nitrogens with one attached hydrogen (secondary N) is 1. The predicted octanol–water partition coefficient (Wildman–Crippen LogP) is 2.78. The quantitative estimate of drug-likeness (QED) is 0.762. The van der Waals surface area contributed by atoms with E-state index in [2.05, 4.69) is 15.5 Å². The van der Waals surface area contributed by atoms with Crippen molar-refractivity contribution in [1.82, 2.24) is 10.2 Å². The molecule has 0 aliphatic carbocycles. The summed E-state index contributed by atoms with van der Waals surface area (Å²) in [5.41, 5.74) is 2.51. The molecule has 94 valence electrons. The number of hydrogen-bond acceptors (Lipinski definition) is 4. The third-order valence-corrected chi connectivity index (χ3v) is 2.88. The first kappa shape index (κ1) is 11.4. The first-order valence-corrected chi connectivity index (χ1v) is 5.81. The lowest BCUT2D eigenvalue weighted by Gasteiger charge is -2.05. The van der Waals surface area contributed by atoms with Crippen molar-refractivity contribution in [2.75, 3.05) is 5.32 Å². The van der Waals surface area contributed by atoms with Crippen molar-refractivity contribution in [2.24, 2.45) is 0 Å². The Balaban J connectivity index is 1.95. The van der Waals surface area contributed by atoms with Gasteiger partial charge < -0.3 is 9.73 Å². The smallest absolute Gasteiger partial charge is 0.259 e. The minimum atomic E-state index is -0.221. The number of rotatable bonds is 2. The summed E-state index contributed by atoms with van der Waals surface area (Å²) in [6.45, 7) is 1.79. The van der Waals surface area contributed by atoms with E-state index in [-0.39, 0.29) is 5.91 Å². The van der Waals surface area contributed by atoms with Crippen LogP contribution in [-0.4, -0.2) is 16.1 Å². The molecular weight excluding hydrogens is 242 g/mol. The minimum Gasteiger partial charge on any atom is -0.463 e. The lowest BCUT2D eigenvalue weighted by molar-refractivity contribution is 0.102. The highest BCUT2D eigenvalue weighted by molar-refractivity contribution is 6.12. The molecule has 3 aromatic rings. The number of furan rings is 1. The summed E-state index contributed by atoms with van der Waals surface area (Å²) in [4.78, 5) is 12.2. The molecule has 0 aliphatic rings. The van der Waals surface area contributed by atoms with E-state index in [1.165, 1.54) is 12.5 Å². The van der Waals surface area contributed by atoms with Gasteiger partial charge in [-0.1, -0.05) is 18.2 Å². The van der Waals surface area contributed by atoms with E-state index < -0.39 is 0 Å². The van der Waals surface area contributed by atoms with Crippen LogP contribution in [0.2, 0.25) is 0 Å².